The predicted molar refractivity (Wildman–Crippen MR) is 86.6 cm³/mol. The van der Waals surface area contributed by atoms with Crippen molar-refractivity contribution in [2.75, 3.05) is 13.6 Å². The Kier molecular flexibility index (Phi) is 11.5. The molecule has 0 aliphatic heterocycles. The van der Waals surface area contributed by atoms with E-state index >= 15 is 0 Å². The second-order valence-electron chi connectivity index (χ2n) is 3.81. The number of rotatable bonds is 8. The molecule has 1 atom stereocenters. The van der Waals surface area contributed by atoms with Gasteiger partial charge in [0.1, 0.15) is 12.1 Å². The highest BCUT2D eigenvalue weighted by molar-refractivity contribution is 5.88. The summed E-state index contributed by atoms with van der Waals surface area (Å²) in [5, 5.41) is 0. The fourth-order valence-corrected chi connectivity index (χ4v) is 1.24. The predicted octanol–water partition coefficient (Wildman–Crippen LogP) is 2.44. The van der Waals surface area contributed by atoms with E-state index in [4.69, 9.17) is 16.2 Å². The Hall–Kier alpha value is -2.21. The third kappa shape index (κ3) is 9.34. The van der Waals surface area contributed by atoms with Gasteiger partial charge >= 0.3 is 0 Å². The fraction of sp³-hybridized carbons (Fsp3) is 0.333. The molecule has 4 N–H and O–H groups in total. The van der Waals surface area contributed by atoms with E-state index in [1.807, 2.05) is 13.0 Å². The maximum absolute atomic E-state index is 14.0. The zero-order chi connectivity index (χ0) is 15.9. The molecule has 0 amide bonds. The van der Waals surface area contributed by atoms with Gasteiger partial charge in [0.2, 0.25) is 5.90 Å². The Balaban J connectivity index is 4.76. The van der Waals surface area contributed by atoms with Gasteiger partial charge in [-0.1, -0.05) is 25.2 Å². The van der Waals surface area contributed by atoms with Gasteiger partial charge in [0.25, 0.3) is 0 Å². The summed E-state index contributed by atoms with van der Waals surface area (Å²) in [5.41, 5.74) is 10.6. The van der Waals surface area contributed by atoms with Gasteiger partial charge in [-0.15, -0.1) is 0 Å². The van der Waals surface area contributed by atoms with Crippen molar-refractivity contribution in [3.8, 4) is 0 Å². The zero-order valence-electron chi connectivity index (χ0n) is 12.4. The average Bonchev–Trinajstić information content (AvgIpc) is 2.50. The smallest absolute Gasteiger partial charge is 0.215 e. The first-order chi connectivity index (χ1) is 10.2. The molecule has 0 aliphatic rings. The van der Waals surface area contributed by atoms with Gasteiger partial charge in [-0.2, -0.15) is 0 Å². The van der Waals surface area contributed by atoms with E-state index in [1.165, 1.54) is 37.8 Å². The van der Waals surface area contributed by atoms with Crippen molar-refractivity contribution in [2.45, 2.75) is 13.3 Å². The number of aliphatic imine (C=N–C) groups is 2. The van der Waals surface area contributed by atoms with Crippen molar-refractivity contribution >= 4 is 12.1 Å². The molecule has 0 bridgehead atoms. The number of halogens is 1. The maximum Gasteiger partial charge on any atom is 0.215 e. The van der Waals surface area contributed by atoms with Crippen LogP contribution in [0.15, 0.2) is 58.8 Å². The standard InChI is InChI=1S/C15H23FN4O/c1-3-4-5-13(6-8-17)14(16)12-21-15(19-2)7-10-20-11-9-18/h4-8,10-13H,3,9,17-18H2,1-2H3/b5-4-,8-6+,10-7-,14-12-,19-15+,20-11+. The van der Waals surface area contributed by atoms with E-state index < -0.39 is 11.7 Å². The lowest BCUT2D eigenvalue weighted by Gasteiger charge is -2.05. The first kappa shape index (κ1) is 18.8. The second kappa shape index (κ2) is 12.8. The van der Waals surface area contributed by atoms with E-state index in [0.717, 1.165) is 12.7 Å². The van der Waals surface area contributed by atoms with E-state index in [2.05, 4.69) is 9.98 Å². The zero-order valence-corrected chi connectivity index (χ0v) is 12.4. The molecule has 0 aromatic carbocycles. The lowest BCUT2D eigenvalue weighted by molar-refractivity contribution is 0.429. The van der Waals surface area contributed by atoms with Crippen molar-refractivity contribution < 1.29 is 9.13 Å². The first-order valence-electron chi connectivity index (χ1n) is 6.61. The summed E-state index contributed by atoms with van der Waals surface area (Å²) in [6, 6.07) is 0. The molecule has 0 saturated heterocycles. The Bertz CT molecular complexity index is 451. The fourth-order valence-electron chi connectivity index (χ4n) is 1.24. The Labute approximate surface area is 125 Å². The number of hydrogen-bond donors (Lipinski definition) is 2. The minimum Gasteiger partial charge on any atom is -0.444 e. The summed E-state index contributed by atoms with van der Waals surface area (Å²) in [5.74, 6) is -0.789. The number of nitrogens with zero attached hydrogens (tertiary/aromatic N) is 2. The minimum absolute atomic E-state index is 0.231. The molecule has 0 saturated carbocycles. The van der Waals surface area contributed by atoms with E-state index in [-0.39, 0.29) is 5.90 Å². The van der Waals surface area contributed by atoms with Crippen molar-refractivity contribution in [3.63, 3.8) is 0 Å². The monoisotopic (exact) mass is 294 g/mol. The van der Waals surface area contributed by atoms with Gasteiger partial charge in [0.15, 0.2) is 0 Å². The Morgan fingerprint density at radius 1 is 1.38 bits per heavy atom. The Morgan fingerprint density at radius 3 is 2.71 bits per heavy atom. The van der Waals surface area contributed by atoms with E-state index in [9.17, 15) is 4.39 Å². The summed E-state index contributed by atoms with van der Waals surface area (Å²) >= 11 is 0. The van der Waals surface area contributed by atoms with Gasteiger partial charge in [-0.05, 0) is 12.6 Å². The first-order valence-corrected chi connectivity index (χ1v) is 6.61. The second-order valence-corrected chi connectivity index (χ2v) is 3.81. The highest BCUT2D eigenvalue weighted by atomic mass is 19.1. The number of hydrogen-bond acceptors (Lipinski definition) is 5. The molecule has 1 unspecified atom stereocenters. The largest absolute Gasteiger partial charge is 0.444 e. The number of nitrogens with two attached hydrogens (primary N) is 2. The molecule has 0 heterocycles. The quantitative estimate of drug-likeness (QED) is 0.312. The molecule has 5 nitrogen and oxygen atoms in total. The number of ether oxygens (including phenoxy) is 1. The summed E-state index contributed by atoms with van der Waals surface area (Å²) < 4.78 is 19.1. The summed E-state index contributed by atoms with van der Waals surface area (Å²) in [4.78, 5) is 7.72. The van der Waals surface area contributed by atoms with Crippen LogP contribution in [0.3, 0.4) is 0 Å². The van der Waals surface area contributed by atoms with E-state index in [0.29, 0.717) is 6.54 Å². The SMILES string of the molecule is CC/C=C\C(/C=C/N)/C(F)=C/OC(/C=C\N=C\CN)=N/C. The van der Waals surface area contributed by atoms with Gasteiger partial charge in [0, 0.05) is 32.1 Å². The molecule has 0 aromatic rings. The molecular weight excluding hydrogens is 271 g/mol. The summed E-state index contributed by atoms with van der Waals surface area (Å²) in [6.07, 6.45) is 12.7. The number of allylic oxidation sites excluding steroid dienone is 4. The Morgan fingerprint density at radius 2 is 2.14 bits per heavy atom. The molecule has 116 valence electrons. The van der Waals surface area contributed by atoms with Crippen LogP contribution in [-0.4, -0.2) is 25.7 Å². The lowest BCUT2D eigenvalue weighted by atomic mass is 10.1. The molecule has 0 radical (unpaired) electrons. The van der Waals surface area contributed by atoms with Gasteiger partial charge in [-0.3, -0.25) is 9.98 Å². The van der Waals surface area contributed by atoms with Crippen LogP contribution in [-0.2, 0) is 4.74 Å². The molecule has 6 heteroatoms. The molecule has 0 aromatic heterocycles. The molecule has 0 aliphatic carbocycles. The highest BCUT2D eigenvalue weighted by Gasteiger charge is 2.07. The topological polar surface area (TPSA) is 86.0 Å². The summed E-state index contributed by atoms with van der Waals surface area (Å²) in [7, 11) is 1.53. The van der Waals surface area contributed by atoms with Crippen LogP contribution in [0, 0.1) is 5.92 Å². The van der Waals surface area contributed by atoms with Gasteiger partial charge in [0.05, 0.1) is 5.92 Å². The summed E-state index contributed by atoms with van der Waals surface area (Å²) in [6.45, 7) is 2.31. The van der Waals surface area contributed by atoms with Crippen LogP contribution in [0.2, 0.25) is 0 Å². The van der Waals surface area contributed by atoms with Gasteiger partial charge in [-0.25, -0.2) is 4.39 Å². The van der Waals surface area contributed by atoms with Crippen LogP contribution in [0.5, 0.6) is 0 Å². The normalized spacial score (nSPS) is 15.8. The van der Waals surface area contributed by atoms with Gasteiger partial charge < -0.3 is 16.2 Å². The van der Waals surface area contributed by atoms with Crippen LogP contribution in [0.4, 0.5) is 4.39 Å². The van der Waals surface area contributed by atoms with Crippen LogP contribution >= 0.6 is 0 Å². The molecule has 0 spiro atoms. The maximum atomic E-state index is 14.0. The van der Waals surface area contributed by atoms with Crippen LogP contribution in [0.1, 0.15) is 13.3 Å². The van der Waals surface area contributed by atoms with Crippen molar-refractivity contribution in [1.29, 1.82) is 0 Å². The van der Waals surface area contributed by atoms with Crippen molar-refractivity contribution in [3.05, 3.63) is 48.8 Å². The van der Waals surface area contributed by atoms with Crippen LogP contribution < -0.4 is 11.5 Å². The minimum atomic E-state index is -0.549. The lowest BCUT2D eigenvalue weighted by Crippen LogP contribution is -2.00. The van der Waals surface area contributed by atoms with Crippen molar-refractivity contribution in [1.82, 2.24) is 0 Å². The average molecular weight is 294 g/mol. The molecule has 0 rings (SSSR count). The highest BCUT2D eigenvalue weighted by Crippen LogP contribution is 2.16. The molecular formula is C15H23FN4O. The molecule has 0 fully saturated rings. The third-order valence-electron chi connectivity index (χ3n) is 2.24. The van der Waals surface area contributed by atoms with Crippen LogP contribution in [0.25, 0.3) is 0 Å². The van der Waals surface area contributed by atoms with Crippen molar-refractivity contribution in [2.24, 2.45) is 27.4 Å². The third-order valence-corrected chi connectivity index (χ3v) is 2.24. The molecule has 21 heavy (non-hydrogen) atoms. The van der Waals surface area contributed by atoms with E-state index in [1.54, 1.807) is 6.08 Å².